The first kappa shape index (κ1) is 14.6. The van der Waals surface area contributed by atoms with Crippen molar-refractivity contribution in [1.82, 2.24) is 5.32 Å². The topological polar surface area (TPSA) is 29.1 Å². The lowest BCUT2D eigenvalue weighted by Gasteiger charge is -2.06. The summed E-state index contributed by atoms with van der Waals surface area (Å²) in [4.78, 5) is 11.9. The minimum absolute atomic E-state index is 0.0504. The summed E-state index contributed by atoms with van der Waals surface area (Å²) in [5.41, 5.74) is 3.21. The van der Waals surface area contributed by atoms with Gasteiger partial charge in [0.2, 0.25) is 0 Å². The minimum atomic E-state index is -0.0504. The number of rotatable bonds is 5. The summed E-state index contributed by atoms with van der Waals surface area (Å²) < 4.78 is 0. The standard InChI is InChI=1S/C17H18ClNO/c1-13-4-6-14(7-5-13)3-2-12-19-17(20)15-8-10-16(18)11-9-15/h4-11H,2-3,12H2,1H3,(H,19,20). The third-order valence-electron chi connectivity index (χ3n) is 3.15. The van der Waals surface area contributed by atoms with Crippen molar-refractivity contribution in [1.29, 1.82) is 0 Å². The van der Waals surface area contributed by atoms with Gasteiger partial charge in [0.15, 0.2) is 0 Å². The first-order valence-electron chi connectivity index (χ1n) is 6.74. The molecule has 0 heterocycles. The zero-order chi connectivity index (χ0) is 14.4. The van der Waals surface area contributed by atoms with Gasteiger partial charge in [-0.05, 0) is 49.6 Å². The molecule has 0 unspecified atom stereocenters. The second-order valence-corrected chi connectivity index (χ2v) is 5.29. The summed E-state index contributed by atoms with van der Waals surface area (Å²) in [6, 6.07) is 15.4. The van der Waals surface area contributed by atoms with Gasteiger partial charge in [0.1, 0.15) is 0 Å². The average molecular weight is 288 g/mol. The quantitative estimate of drug-likeness (QED) is 0.827. The predicted molar refractivity (Wildman–Crippen MR) is 83.3 cm³/mol. The van der Waals surface area contributed by atoms with E-state index >= 15 is 0 Å². The van der Waals surface area contributed by atoms with Gasteiger partial charge in [0.05, 0.1) is 0 Å². The largest absolute Gasteiger partial charge is 0.352 e. The normalized spacial score (nSPS) is 10.3. The highest BCUT2D eigenvalue weighted by molar-refractivity contribution is 6.30. The Balaban J connectivity index is 1.74. The molecule has 20 heavy (non-hydrogen) atoms. The third kappa shape index (κ3) is 4.39. The molecule has 104 valence electrons. The second-order valence-electron chi connectivity index (χ2n) is 4.85. The Morgan fingerprint density at radius 3 is 2.35 bits per heavy atom. The van der Waals surface area contributed by atoms with Crippen LogP contribution in [0.4, 0.5) is 0 Å². The van der Waals surface area contributed by atoms with Crippen LogP contribution in [0, 0.1) is 6.92 Å². The molecule has 0 saturated heterocycles. The zero-order valence-electron chi connectivity index (χ0n) is 11.5. The van der Waals surface area contributed by atoms with Crippen molar-refractivity contribution in [2.45, 2.75) is 19.8 Å². The molecule has 1 N–H and O–H groups in total. The van der Waals surface area contributed by atoms with E-state index in [0.717, 1.165) is 12.8 Å². The third-order valence-corrected chi connectivity index (χ3v) is 3.41. The van der Waals surface area contributed by atoms with Crippen LogP contribution in [0.25, 0.3) is 0 Å². The van der Waals surface area contributed by atoms with Crippen molar-refractivity contribution in [3.05, 3.63) is 70.2 Å². The van der Waals surface area contributed by atoms with E-state index in [4.69, 9.17) is 11.6 Å². The molecule has 1 amide bonds. The molecule has 0 bridgehead atoms. The maximum Gasteiger partial charge on any atom is 0.251 e. The molecular weight excluding hydrogens is 270 g/mol. The number of amides is 1. The van der Waals surface area contributed by atoms with Crippen LogP contribution < -0.4 is 5.32 Å². The van der Waals surface area contributed by atoms with Crippen LogP contribution in [0.3, 0.4) is 0 Å². The summed E-state index contributed by atoms with van der Waals surface area (Å²) in [6.45, 7) is 2.76. The van der Waals surface area contributed by atoms with Gasteiger partial charge in [-0.25, -0.2) is 0 Å². The summed E-state index contributed by atoms with van der Waals surface area (Å²) in [5, 5.41) is 3.56. The summed E-state index contributed by atoms with van der Waals surface area (Å²) in [5.74, 6) is -0.0504. The van der Waals surface area contributed by atoms with Crippen molar-refractivity contribution >= 4 is 17.5 Å². The first-order chi connectivity index (χ1) is 9.65. The molecule has 0 radical (unpaired) electrons. The fourth-order valence-electron chi connectivity index (χ4n) is 1.95. The van der Waals surface area contributed by atoms with E-state index in [9.17, 15) is 4.79 Å². The number of carbonyl (C=O) groups excluding carboxylic acids is 1. The van der Waals surface area contributed by atoms with Crippen LogP contribution in [0.5, 0.6) is 0 Å². The molecule has 0 aliphatic carbocycles. The number of carbonyl (C=O) groups is 1. The van der Waals surface area contributed by atoms with Gasteiger partial charge >= 0.3 is 0 Å². The number of nitrogens with one attached hydrogen (secondary N) is 1. The summed E-state index contributed by atoms with van der Waals surface area (Å²) >= 11 is 5.79. The molecule has 0 fully saturated rings. The Hall–Kier alpha value is -1.80. The number of halogens is 1. The van der Waals surface area contributed by atoms with Crippen LogP contribution in [-0.4, -0.2) is 12.5 Å². The van der Waals surface area contributed by atoms with E-state index in [1.807, 2.05) is 0 Å². The monoisotopic (exact) mass is 287 g/mol. The van der Waals surface area contributed by atoms with Crippen LogP contribution in [0.1, 0.15) is 27.9 Å². The van der Waals surface area contributed by atoms with E-state index in [1.54, 1.807) is 24.3 Å². The molecular formula is C17H18ClNO. The highest BCUT2D eigenvalue weighted by Gasteiger charge is 2.04. The van der Waals surface area contributed by atoms with Crippen LogP contribution in [0.2, 0.25) is 5.02 Å². The summed E-state index contributed by atoms with van der Waals surface area (Å²) in [7, 11) is 0. The van der Waals surface area contributed by atoms with E-state index in [-0.39, 0.29) is 5.91 Å². The Bertz CT molecular complexity index is 561. The van der Waals surface area contributed by atoms with Crippen LogP contribution >= 0.6 is 11.6 Å². The number of aryl methyl sites for hydroxylation is 2. The Kier molecular flexibility index (Phi) is 5.19. The van der Waals surface area contributed by atoms with Gasteiger partial charge in [-0.1, -0.05) is 41.4 Å². The molecule has 2 aromatic carbocycles. The predicted octanol–water partition coefficient (Wildman–Crippen LogP) is 4.01. The highest BCUT2D eigenvalue weighted by Crippen LogP contribution is 2.09. The van der Waals surface area contributed by atoms with Crippen molar-refractivity contribution in [3.63, 3.8) is 0 Å². The van der Waals surface area contributed by atoms with E-state index in [0.29, 0.717) is 17.1 Å². The second kappa shape index (κ2) is 7.11. The number of hydrogen-bond donors (Lipinski definition) is 1. The molecule has 0 aliphatic rings. The van der Waals surface area contributed by atoms with Gasteiger partial charge in [0.25, 0.3) is 5.91 Å². The minimum Gasteiger partial charge on any atom is -0.352 e. The molecule has 0 spiro atoms. The van der Waals surface area contributed by atoms with Gasteiger partial charge in [-0.3, -0.25) is 4.79 Å². The number of benzene rings is 2. The molecule has 0 saturated carbocycles. The molecule has 0 aromatic heterocycles. The molecule has 2 aromatic rings. The van der Waals surface area contributed by atoms with Crippen molar-refractivity contribution in [3.8, 4) is 0 Å². The van der Waals surface area contributed by atoms with Crippen molar-refractivity contribution < 1.29 is 4.79 Å². The SMILES string of the molecule is Cc1ccc(CCCNC(=O)c2ccc(Cl)cc2)cc1. The van der Waals surface area contributed by atoms with Crippen LogP contribution in [0.15, 0.2) is 48.5 Å². The fraction of sp³-hybridized carbons (Fsp3) is 0.235. The molecule has 3 heteroatoms. The lowest BCUT2D eigenvalue weighted by atomic mass is 10.1. The average Bonchev–Trinajstić information content (AvgIpc) is 2.46. The Morgan fingerprint density at radius 2 is 1.70 bits per heavy atom. The van der Waals surface area contributed by atoms with Gasteiger partial charge in [0, 0.05) is 17.1 Å². The Labute approximate surface area is 124 Å². The maximum absolute atomic E-state index is 11.9. The first-order valence-corrected chi connectivity index (χ1v) is 7.12. The lowest BCUT2D eigenvalue weighted by Crippen LogP contribution is -2.24. The van der Waals surface area contributed by atoms with Crippen molar-refractivity contribution in [2.75, 3.05) is 6.54 Å². The molecule has 2 rings (SSSR count). The number of hydrogen-bond acceptors (Lipinski definition) is 1. The molecule has 2 nitrogen and oxygen atoms in total. The molecule has 0 aliphatic heterocycles. The highest BCUT2D eigenvalue weighted by atomic mass is 35.5. The smallest absolute Gasteiger partial charge is 0.251 e. The molecule has 0 atom stereocenters. The Morgan fingerprint density at radius 1 is 1.05 bits per heavy atom. The van der Waals surface area contributed by atoms with E-state index in [1.165, 1.54) is 11.1 Å². The maximum atomic E-state index is 11.9. The van der Waals surface area contributed by atoms with Gasteiger partial charge < -0.3 is 5.32 Å². The van der Waals surface area contributed by atoms with E-state index < -0.39 is 0 Å². The fourth-order valence-corrected chi connectivity index (χ4v) is 2.08. The van der Waals surface area contributed by atoms with Gasteiger partial charge in [-0.2, -0.15) is 0 Å². The van der Waals surface area contributed by atoms with Crippen molar-refractivity contribution in [2.24, 2.45) is 0 Å². The van der Waals surface area contributed by atoms with Gasteiger partial charge in [-0.15, -0.1) is 0 Å². The van der Waals surface area contributed by atoms with E-state index in [2.05, 4.69) is 36.5 Å². The zero-order valence-corrected chi connectivity index (χ0v) is 12.3. The van der Waals surface area contributed by atoms with Crippen LogP contribution in [-0.2, 0) is 6.42 Å². The lowest BCUT2D eigenvalue weighted by molar-refractivity contribution is 0.0953. The summed E-state index contributed by atoms with van der Waals surface area (Å²) in [6.07, 6.45) is 1.91.